The summed E-state index contributed by atoms with van der Waals surface area (Å²) in [5.41, 5.74) is 5.82. The molecule has 8 nitrogen and oxygen atoms in total. The van der Waals surface area contributed by atoms with E-state index in [-0.39, 0.29) is 29.7 Å². The van der Waals surface area contributed by atoms with Crippen LogP contribution in [0.2, 0.25) is 0 Å². The quantitative estimate of drug-likeness (QED) is 0.566. The van der Waals surface area contributed by atoms with E-state index in [2.05, 4.69) is 27.8 Å². The Morgan fingerprint density at radius 2 is 1.73 bits per heavy atom. The summed E-state index contributed by atoms with van der Waals surface area (Å²) >= 11 is 0. The molecule has 2 heterocycles. The van der Waals surface area contributed by atoms with E-state index < -0.39 is 5.91 Å². The molecule has 0 bridgehead atoms. The number of hydrazine groups is 1. The first-order chi connectivity index (χ1) is 16.1. The maximum atomic E-state index is 13.1. The molecule has 1 aliphatic rings. The molecule has 1 aliphatic heterocycles. The summed E-state index contributed by atoms with van der Waals surface area (Å²) in [6.07, 6.45) is 3.80. The van der Waals surface area contributed by atoms with Gasteiger partial charge < -0.3 is 0 Å². The Bertz CT molecular complexity index is 1190. The maximum absolute atomic E-state index is 13.1. The van der Waals surface area contributed by atoms with Crippen LogP contribution in [-0.4, -0.2) is 45.6 Å². The number of likely N-dealkylation sites (tertiary alicyclic amines) is 1. The zero-order valence-corrected chi connectivity index (χ0v) is 18.8. The number of amides is 2. The van der Waals surface area contributed by atoms with Gasteiger partial charge in [0, 0.05) is 5.39 Å². The summed E-state index contributed by atoms with van der Waals surface area (Å²) in [6, 6.07) is 16.1. The number of aromatic nitrogens is 2. The van der Waals surface area contributed by atoms with Crippen molar-refractivity contribution in [1.82, 2.24) is 25.5 Å². The minimum atomic E-state index is -0.556. The lowest BCUT2D eigenvalue weighted by Gasteiger charge is -2.34. The van der Waals surface area contributed by atoms with Crippen molar-refractivity contribution < 1.29 is 9.59 Å². The van der Waals surface area contributed by atoms with Crippen LogP contribution >= 0.6 is 0 Å². The molecule has 0 saturated carbocycles. The predicted octanol–water partition coefficient (Wildman–Crippen LogP) is 2.47. The fourth-order valence-electron chi connectivity index (χ4n) is 4.37. The van der Waals surface area contributed by atoms with Gasteiger partial charge in [0.05, 0.1) is 18.0 Å². The molecule has 2 N–H and O–H groups in total. The van der Waals surface area contributed by atoms with E-state index in [0.29, 0.717) is 10.8 Å². The van der Waals surface area contributed by atoms with E-state index in [1.807, 2.05) is 30.3 Å². The fourth-order valence-corrected chi connectivity index (χ4v) is 4.37. The van der Waals surface area contributed by atoms with Gasteiger partial charge in [0.2, 0.25) is 0 Å². The van der Waals surface area contributed by atoms with Gasteiger partial charge in [-0.1, -0.05) is 61.9 Å². The molecule has 1 aromatic heterocycles. The largest absolute Gasteiger partial charge is 0.292 e. The number of hydrogen-bond acceptors (Lipinski definition) is 5. The van der Waals surface area contributed by atoms with Crippen molar-refractivity contribution in [3.8, 4) is 0 Å². The molecule has 1 fully saturated rings. The average molecular weight is 448 g/mol. The molecular formula is C25H29N5O3. The molecule has 0 spiro atoms. The number of fused-ring (bicyclic) bond motifs is 1. The second kappa shape index (κ2) is 10.4. The summed E-state index contributed by atoms with van der Waals surface area (Å²) < 4.78 is 1.29. The van der Waals surface area contributed by atoms with Gasteiger partial charge >= 0.3 is 0 Å². The van der Waals surface area contributed by atoms with Crippen molar-refractivity contribution in [1.29, 1.82) is 0 Å². The van der Waals surface area contributed by atoms with Gasteiger partial charge in [-0.2, -0.15) is 5.10 Å². The van der Waals surface area contributed by atoms with Crippen LogP contribution in [0.3, 0.4) is 0 Å². The van der Waals surface area contributed by atoms with E-state index >= 15 is 0 Å². The Kier molecular flexibility index (Phi) is 7.14. The minimum absolute atomic E-state index is 0.0930. The van der Waals surface area contributed by atoms with Gasteiger partial charge in [0.1, 0.15) is 0 Å². The lowest BCUT2D eigenvalue weighted by Crippen LogP contribution is -2.54. The van der Waals surface area contributed by atoms with E-state index in [0.717, 1.165) is 44.3 Å². The number of carbonyl (C=O) groups is 2. The van der Waals surface area contributed by atoms with Crippen molar-refractivity contribution >= 4 is 22.6 Å². The molecule has 33 heavy (non-hydrogen) atoms. The van der Waals surface area contributed by atoms with E-state index in [4.69, 9.17) is 0 Å². The maximum Gasteiger partial charge on any atom is 0.290 e. The summed E-state index contributed by atoms with van der Waals surface area (Å²) in [5.74, 6) is -0.780. The van der Waals surface area contributed by atoms with Crippen LogP contribution in [0.25, 0.3) is 10.8 Å². The number of carbonyl (C=O) groups excluding carboxylic acids is 2. The second-order valence-electron chi connectivity index (χ2n) is 8.33. The Morgan fingerprint density at radius 1 is 1.00 bits per heavy atom. The predicted molar refractivity (Wildman–Crippen MR) is 127 cm³/mol. The third-order valence-corrected chi connectivity index (χ3v) is 5.98. The van der Waals surface area contributed by atoms with Crippen LogP contribution in [0.5, 0.6) is 0 Å². The molecular weight excluding hydrogens is 418 g/mol. The van der Waals surface area contributed by atoms with E-state index in [1.54, 1.807) is 24.3 Å². The topological polar surface area (TPSA) is 96.3 Å². The highest BCUT2D eigenvalue weighted by Crippen LogP contribution is 2.17. The summed E-state index contributed by atoms with van der Waals surface area (Å²) in [6.45, 7) is 4.07. The lowest BCUT2D eigenvalue weighted by atomic mass is 10.0. The minimum Gasteiger partial charge on any atom is -0.292 e. The van der Waals surface area contributed by atoms with Gasteiger partial charge in [0.15, 0.2) is 5.69 Å². The number of nitrogens with one attached hydrogen (secondary N) is 2. The molecule has 2 aromatic carbocycles. The average Bonchev–Trinajstić information content (AvgIpc) is 2.85. The number of hydrogen-bond donors (Lipinski definition) is 2. The van der Waals surface area contributed by atoms with E-state index in [9.17, 15) is 14.4 Å². The van der Waals surface area contributed by atoms with Crippen molar-refractivity contribution in [3.05, 3.63) is 76.2 Å². The first kappa shape index (κ1) is 22.7. The molecule has 8 heteroatoms. The molecule has 1 unspecified atom stereocenters. The monoisotopic (exact) mass is 447 g/mol. The van der Waals surface area contributed by atoms with Crippen LogP contribution in [0.4, 0.5) is 0 Å². The third-order valence-electron chi connectivity index (χ3n) is 5.98. The van der Waals surface area contributed by atoms with Gasteiger partial charge in [-0.05, 0) is 44.0 Å². The highest BCUT2D eigenvalue weighted by molar-refractivity contribution is 6.05. The summed E-state index contributed by atoms with van der Waals surface area (Å²) in [5, 5.41) is 5.21. The zero-order valence-electron chi connectivity index (χ0n) is 18.8. The Labute approximate surface area is 192 Å². The van der Waals surface area contributed by atoms with Crippen LogP contribution in [0.1, 0.15) is 48.7 Å². The van der Waals surface area contributed by atoms with Gasteiger partial charge in [-0.25, -0.2) is 4.68 Å². The Morgan fingerprint density at radius 3 is 2.48 bits per heavy atom. The van der Waals surface area contributed by atoms with Crippen molar-refractivity contribution in [3.63, 3.8) is 0 Å². The molecule has 2 amide bonds. The highest BCUT2D eigenvalue weighted by Gasteiger charge is 2.28. The smallest absolute Gasteiger partial charge is 0.290 e. The van der Waals surface area contributed by atoms with Crippen LogP contribution in [0, 0.1) is 0 Å². The van der Waals surface area contributed by atoms with E-state index in [1.165, 1.54) is 4.68 Å². The third kappa shape index (κ3) is 5.12. The number of rotatable bonds is 6. The summed E-state index contributed by atoms with van der Waals surface area (Å²) in [7, 11) is 0. The molecule has 1 saturated heterocycles. The van der Waals surface area contributed by atoms with Crippen molar-refractivity contribution in [2.45, 2.75) is 45.2 Å². The second-order valence-corrected chi connectivity index (χ2v) is 8.33. The molecule has 0 aliphatic carbocycles. The fraction of sp³-hybridized carbons (Fsp3) is 0.360. The molecule has 0 radical (unpaired) electrons. The molecule has 3 aromatic rings. The highest BCUT2D eigenvalue weighted by atomic mass is 16.2. The number of nitrogens with zero attached hydrogens (tertiary/aromatic N) is 3. The van der Waals surface area contributed by atoms with Gasteiger partial charge in [-0.15, -0.1) is 0 Å². The first-order valence-electron chi connectivity index (χ1n) is 11.5. The first-order valence-corrected chi connectivity index (χ1v) is 11.5. The molecule has 4 rings (SSSR count). The molecule has 172 valence electrons. The van der Waals surface area contributed by atoms with Gasteiger partial charge in [-0.3, -0.25) is 30.1 Å². The van der Waals surface area contributed by atoms with Crippen molar-refractivity contribution in [2.24, 2.45) is 0 Å². The Hall–Kier alpha value is -3.52. The van der Waals surface area contributed by atoms with Crippen molar-refractivity contribution in [2.75, 3.05) is 13.1 Å². The standard InChI is InChI=1S/C25H29N5O3/c1-2-15-29-16-9-8-14-21(29)23(31)26-27-24(32)22-19-12-6-7-13-20(19)25(33)30(28-22)17-18-10-4-3-5-11-18/h3-7,10-13,21H,2,8-9,14-17H2,1H3,(H,26,31)(H,27,32). The van der Waals surface area contributed by atoms with Gasteiger partial charge in [0.25, 0.3) is 17.4 Å². The van der Waals surface area contributed by atoms with Crippen LogP contribution in [0.15, 0.2) is 59.4 Å². The van der Waals surface area contributed by atoms with Crippen LogP contribution < -0.4 is 16.4 Å². The number of benzene rings is 2. The lowest BCUT2D eigenvalue weighted by molar-refractivity contribution is -0.128. The zero-order chi connectivity index (χ0) is 23.2. The SMILES string of the molecule is CCCN1CCCCC1C(=O)NNC(=O)c1nn(Cc2ccccc2)c(=O)c2ccccc12. The summed E-state index contributed by atoms with van der Waals surface area (Å²) in [4.78, 5) is 41.0. The normalized spacial score (nSPS) is 16.5. The molecule has 1 atom stereocenters. The Balaban J connectivity index is 1.56. The van der Waals surface area contributed by atoms with Crippen LogP contribution in [-0.2, 0) is 11.3 Å². The number of piperidine rings is 1.